The molecule has 2 aliphatic heterocycles. The minimum atomic E-state index is -1.58. The standard InChI is InChI=1S/C17H21FN2O3/c18-17(4-5-17)15(21)20-11-16(12-20)9-14(3-8-23-16)22-10-13-1-6-19-7-2-13/h1-2,6-7,14H,3-5,8-12H2/t14-/m0/s1. The molecule has 5 nitrogen and oxygen atoms in total. The first-order valence-electron chi connectivity index (χ1n) is 8.21. The van der Waals surface area contributed by atoms with E-state index in [0.717, 1.165) is 18.4 Å². The fraction of sp³-hybridized carbons (Fsp3) is 0.647. The Bertz CT molecular complexity index is 585. The van der Waals surface area contributed by atoms with Crippen LogP contribution < -0.4 is 0 Å². The van der Waals surface area contributed by atoms with Crippen LogP contribution in [0.15, 0.2) is 24.5 Å². The molecule has 1 aromatic rings. The van der Waals surface area contributed by atoms with Crippen LogP contribution >= 0.6 is 0 Å². The highest BCUT2D eigenvalue weighted by Crippen LogP contribution is 2.44. The number of ether oxygens (including phenoxy) is 2. The van der Waals surface area contributed by atoms with Gasteiger partial charge in [0.2, 0.25) is 0 Å². The summed E-state index contributed by atoms with van der Waals surface area (Å²) < 4.78 is 25.7. The Morgan fingerprint density at radius 2 is 2.13 bits per heavy atom. The molecule has 23 heavy (non-hydrogen) atoms. The Morgan fingerprint density at radius 3 is 2.83 bits per heavy atom. The molecule has 1 aliphatic carbocycles. The summed E-state index contributed by atoms with van der Waals surface area (Å²) in [7, 11) is 0. The van der Waals surface area contributed by atoms with Crippen molar-refractivity contribution in [1.82, 2.24) is 9.88 Å². The third kappa shape index (κ3) is 2.97. The highest BCUT2D eigenvalue weighted by Gasteiger charge is 2.58. The number of hydrogen-bond donors (Lipinski definition) is 0. The van der Waals surface area contributed by atoms with E-state index in [1.54, 1.807) is 17.3 Å². The average Bonchev–Trinajstić information content (AvgIpc) is 3.30. The molecule has 6 heteroatoms. The SMILES string of the molecule is O=C(N1CC2(C[C@@H](OCc3ccncc3)CCO2)C1)C1(F)CC1. The zero-order chi connectivity index (χ0) is 15.9. The summed E-state index contributed by atoms with van der Waals surface area (Å²) in [6, 6.07) is 3.88. The molecule has 2 saturated heterocycles. The lowest BCUT2D eigenvalue weighted by Gasteiger charge is -2.53. The fourth-order valence-corrected chi connectivity index (χ4v) is 3.44. The van der Waals surface area contributed by atoms with Crippen LogP contribution in [-0.4, -0.2) is 52.9 Å². The second kappa shape index (κ2) is 5.53. The fourth-order valence-electron chi connectivity index (χ4n) is 3.44. The lowest BCUT2D eigenvalue weighted by molar-refractivity contribution is -0.205. The molecule has 1 saturated carbocycles. The van der Waals surface area contributed by atoms with E-state index in [2.05, 4.69) is 4.98 Å². The Balaban J connectivity index is 1.29. The lowest BCUT2D eigenvalue weighted by Crippen LogP contribution is -2.68. The number of likely N-dealkylation sites (tertiary alicyclic amines) is 1. The predicted octanol–water partition coefficient (Wildman–Crippen LogP) is 1.86. The Kier molecular flexibility index (Phi) is 3.61. The summed E-state index contributed by atoms with van der Waals surface area (Å²) >= 11 is 0. The number of carbonyl (C=O) groups excluding carboxylic acids is 1. The number of aromatic nitrogens is 1. The van der Waals surface area contributed by atoms with E-state index in [-0.39, 0.29) is 17.6 Å². The molecule has 3 heterocycles. The van der Waals surface area contributed by atoms with Gasteiger partial charge in [-0.25, -0.2) is 4.39 Å². The molecule has 0 aromatic carbocycles. The van der Waals surface area contributed by atoms with Crippen LogP contribution in [0.25, 0.3) is 0 Å². The smallest absolute Gasteiger partial charge is 0.260 e. The van der Waals surface area contributed by atoms with Crippen molar-refractivity contribution in [1.29, 1.82) is 0 Å². The quantitative estimate of drug-likeness (QED) is 0.850. The first-order chi connectivity index (χ1) is 11.1. The van der Waals surface area contributed by atoms with Crippen LogP contribution in [0, 0.1) is 0 Å². The van der Waals surface area contributed by atoms with Crippen LogP contribution in [-0.2, 0) is 20.9 Å². The van der Waals surface area contributed by atoms with Gasteiger partial charge in [-0.1, -0.05) is 0 Å². The number of pyridine rings is 1. The number of hydrogen-bond acceptors (Lipinski definition) is 4. The van der Waals surface area contributed by atoms with Gasteiger partial charge in [-0.15, -0.1) is 0 Å². The molecule has 0 bridgehead atoms. The molecule has 4 rings (SSSR count). The van der Waals surface area contributed by atoms with Gasteiger partial charge in [-0.05, 0) is 37.0 Å². The van der Waals surface area contributed by atoms with Gasteiger partial charge in [0.05, 0.1) is 25.8 Å². The van der Waals surface area contributed by atoms with Gasteiger partial charge in [-0.3, -0.25) is 9.78 Å². The minimum absolute atomic E-state index is 0.120. The normalized spacial score (nSPS) is 27.5. The van der Waals surface area contributed by atoms with E-state index < -0.39 is 5.67 Å². The van der Waals surface area contributed by atoms with Crippen LogP contribution in [0.5, 0.6) is 0 Å². The van der Waals surface area contributed by atoms with E-state index in [9.17, 15) is 9.18 Å². The van der Waals surface area contributed by atoms with Gasteiger partial charge in [0.1, 0.15) is 5.60 Å². The maximum absolute atomic E-state index is 13.8. The number of halogens is 1. The summed E-state index contributed by atoms with van der Waals surface area (Å²) in [6.45, 7) is 2.17. The molecule has 1 atom stereocenters. The van der Waals surface area contributed by atoms with E-state index in [1.807, 2.05) is 12.1 Å². The average molecular weight is 320 g/mol. The van der Waals surface area contributed by atoms with Gasteiger partial charge in [0, 0.05) is 25.4 Å². The van der Waals surface area contributed by atoms with Gasteiger partial charge in [-0.2, -0.15) is 0 Å². The van der Waals surface area contributed by atoms with Crippen molar-refractivity contribution < 1.29 is 18.7 Å². The Hall–Kier alpha value is -1.53. The molecule has 0 radical (unpaired) electrons. The van der Waals surface area contributed by atoms with Crippen molar-refractivity contribution in [3.63, 3.8) is 0 Å². The molecule has 1 amide bonds. The van der Waals surface area contributed by atoms with Crippen molar-refractivity contribution in [3.05, 3.63) is 30.1 Å². The zero-order valence-corrected chi connectivity index (χ0v) is 13.0. The minimum Gasteiger partial charge on any atom is -0.373 e. The molecule has 0 unspecified atom stereocenters. The molecular formula is C17H21FN2O3. The third-order valence-corrected chi connectivity index (χ3v) is 5.00. The third-order valence-electron chi connectivity index (χ3n) is 5.00. The molecule has 3 fully saturated rings. The van der Waals surface area contributed by atoms with Crippen LogP contribution in [0.2, 0.25) is 0 Å². The molecular weight excluding hydrogens is 299 g/mol. The van der Waals surface area contributed by atoms with Gasteiger partial charge in [0.15, 0.2) is 5.67 Å². The largest absolute Gasteiger partial charge is 0.373 e. The first kappa shape index (κ1) is 15.0. The highest BCUT2D eigenvalue weighted by atomic mass is 19.1. The number of alkyl halides is 1. The topological polar surface area (TPSA) is 51.7 Å². The summed E-state index contributed by atoms with van der Waals surface area (Å²) in [4.78, 5) is 17.6. The number of carbonyl (C=O) groups is 1. The summed E-state index contributed by atoms with van der Waals surface area (Å²) in [6.07, 6.45) is 5.99. The molecule has 1 spiro atoms. The number of nitrogens with zero attached hydrogens (tertiary/aromatic N) is 2. The maximum Gasteiger partial charge on any atom is 0.260 e. The number of rotatable bonds is 4. The van der Waals surface area contributed by atoms with E-state index in [4.69, 9.17) is 9.47 Å². The van der Waals surface area contributed by atoms with Crippen LogP contribution in [0.1, 0.15) is 31.2 Å². The van der Waals surface area contributed by atoms with E-state index in [1.165, 1.54) is 0 Å². The van der Waals surface area contributed by atoms with Gasteiger partial charge in [0.25, 0.3) is 5.91 Å². The van der Waals surface area contributed by atoms with Crippen molar-refractivity contribution in [2.45, 2.75) is 49.7 Å². The van der Waals surface area contributed by atoms with E-state index >= 15 is 0 Å². The highest BCUT2D eigenvalue weighted by molar-refractivity contribution is 5.88. The number of amides is 1. The van der Waals surface area contributed by atoms with Crippen molar-refractivity contribution in [2.75, 3.05) is 19.7 Å². The van der Waals surface area contributed by atoms with E-state index in [0.29, 0.717) is 39.1 Å². The molecule has 0 N–H and O–H groups in total. The monoisotopic (exact) mass is 320 g/mol. The second-order valence-corrected chi connectivity index (χ2v) is 6.94. The van der Waals surface area contributed by atoms with Gasteiger partial charge >= 0.3 is 0 Å². The van der Waals surface area contributed by atoms with Crippen LogP contribution in [0.4, 0.5) is 4.39 Å². The van der Waals surface area contributed by atoms with Crippen LogP contribution in [0.3, 0.4) is 0 Å². The lowest BCUT2D eigenvalue weighted by atomic mass is 9.84. The summed E-state index contributed by atoms with van der Waals surface area (Å²) in [5.41, 5.74) is -0.811. The van der Waals surface area contributed by atoms with Crippen molar-refractivity contribution in [2.24, 2.45) is 0 Å². The summed E-state index contributed by atoms with van der Waals surface area (Å²) in [5.74, 6) is -0.355. The Morgan fingerprint density at radius 1 is 1.39 bits per heavy atom. The molecule has 3 aliphatic rings. The maximum atomic E-state index is 13.8. The van der Waals surface area contributed by atoms with Gasteiger partial charge < -0.3 is 14.4 Å². The second-order valence-electron chi connectivity index (χ2n) is 6.94. The Labute approximate surface area is 134 Å². The van der Waals surface area contributed by atoms with Crippen molar-refractivity contribution in [3.8, 4) is 0 Å². The first-order valence-corrected chi connectivity index (χ1v) is 8.21. The molecule has 1 aromatic heterocycles. The predicted molar refractivity (Wildman–Crippen MR) is 80.4 cm³/mol. The van der Waals surface area contributed by atoms with Crippen molar-refractivity contribution >= 4 is 5.91 Å². The molecule has 124 valence electrons. The zero-order valence-electron chi connectivity index (χ0n) is 13.0. The summed E-state index contributed by atoms with van der Waals surface area (Å²) in [5, 5.41) is 0.